The first-order valence-electron chi connectivity index (χ1n) is 10.3. The SMILES string of the molecule is CCCCOc1ccc(CCNC(=O)c2ccc(OCc3nccn3C)cc2)cc1. The Hall–Kier alpha value is -3.28. The summed E-state index contributed by atoms with van der Waals surface area (Å²) in [5, 5.41) is 2.96. The van der Waals surface area contributed by atoms with Gasteiger partial charge in [0.1, 0.15) is 23.9 Å². The lowest BCUT2D eigenvalue weighted by Crippen LogP contribution is -2.25. The van der Waals surface area contributed by atoms with E-state index in [2.05, 4.69) is 17.2 Å². The van der Waals surface area contributed by atoms with Crippen molar-refractivity contribution in [1.82, 2.24) is 14.9 Å². The number of ether oxygens (including phenoxy) is 2. The van der Waals surface area contributed by atoms with Crippen molar-refractivity contribution < 1.29 is 14.3 Å². The molecule has 0 bridgehead atoms. The van der Waals surface area contributed by atoms with Gasteiger partial charge in [0.15, 0.2) is 0 Å². The van der Waals surface area contributed by atoms with Gasteiger partial charge in [0.25, 0.3) is 5.91 Å². The molecule has 1 heterocycles. The zero-order valence-electron chi connectivity index (χ0n) is 17.6. The van der Waals surface area contributed by atoms with Crippen LogP contribution < -0.4 is 14.8 Å². The molecule has 0 saturated carbocycles. The third kappa shape index (κ3) is 6.37. The number of hydrogen-bond donors (Lipinski definition) is 1. The third-order valence-corrected chi connectivity index (χ3v) is 4.79. The van der Waals surface area contributed by atoms with Gasteiger partial charge in [-0.15, -0.1) is 0 Å². The molecule has 2 aromatic carbocycles. The molecule has 0 aliphatic rings. The fourth-order valence-corrected chi connectivity index (χ4v) is 2.90. The normalized spacial score (nSPS) is 10.6. The number of rotatable bonds is 11. The van der Waals surface area contributed by atoms with Crippen LogP contribution >= 0.6 is 0 Å². The molecule has 3 rings (SSSR count). The molecule has 0 atom stereocenters. The average molecular weight is 408 g/mol. The molecular weight excluding hydrogens is 378 g/mol. The van der Waals surface area contributed by atoms with Gasteiger partial charge in [0, 0.05) is 31.5 Å². The van der Waals surface area contributed by atoms with Crippen molar-refractivity contribution in [3.05, 3.63) is 77.9 Å². The van der Waals surface area contributed by atoms with Crippen LogP contribution in [0.5, 0.6) is 11.5 Å². The summed E-state index contributed by atoms with van der Waals surface area (Å²) in [6, 6.07) is 15.2. The Morgan fingerprint density at radius 3 is 2.40 bits per heavy atom. The molecule has 0 radical (unpaired) electrons. The standard InChI is InChI=1S/C24H29N3O3/c1-3-4-17-29-21-9-5-19(6-10-21)13-14-26-24(28)20-7-11-22(12-8-20)30-18-23-25-15-16-27(23)2/h5-12,15-16H,3-4,13-14,17-18H2,1-2H3,(H,26,28). The smallest absolute Gasteiger partial charge is 0.251 e. The zero-order valence-corrected chi connectivity index (χ0v) is 17.6. The van der Waals surface area contributed by atoms with Gasteiger partial charge in [-0.1, -0.05) is 25.5 Å². The molecule has 30 heavy (non-hydrogen) atoms. The lowest BCUT2D eigenvalue weighted by molar-refractivity contribution is 0.0954. The maximum absolute atomic E-state index is 12.4. The molecule has 0 spiro atoms. The van der Waals surface area contributed by atoms with E-state index >= 15 is 0 Å². The molecule has 0 aliphatic carbocycles. The molecule has 1 amide bonds. The quantitative estimate of drug-likeness (QED) is 0.485. The fourth-order valence-electron chi connectivity index (χ4n) is 2.90. The van der Waals surface area contributed by atoms with E-state index in [0.717, 1.165) is 43.0 Å². The number of aromatic nitrogens is 2. The second-order valence-corrected chi connectivity index (χ2v) is 7.12. The first kappa shape index (κ1) is 21.4. The third-order valence-electron chi connectivity index (χ3n) is 4.79. The van der Waals surface area contributed by atoms with E-state index < -0.39 is 0 Å². The van der Waals surface area contributed by atoms with Crippen LogP contribution in [0.15, 0.2) is 60.9 Å². The van der Waals surface area contributed by atoms with Crippen molar-refractivity contribution in [2.45, 2.75) is 32.8 Å². The Balaban J connectivity index is 1.40. The number of nitrogens with one attached hydrogen (secondary N) is 1. The summed E-state index contributed by atoms with van der Waals surface area (Å²) in [5.74, 6) is 2.35. The fraction of sp³-hybridized carbons (Fsp3) is 0.333. The average Bonchev–Trinajstić information content (AvgIpc) is 3.18. The van der Waals surface area contributed by atoms with E-state index in [1.807, 2.05) is 42.1 Å². The minimum Gasteiger partial charge on any atom is -0.494 e. The van der Waals surface area contributed by atoms with E-state index in [-0.39, 0.29) is 5.91 Å². The molecule has 0 unspecified atom stereocenters. The van der Waals surface area contributed by atoms with Gasteiger partial charge >= 0.3 is 0 Å². The van der Waals surface area contributed by atoms with E-state index in [0.29, 0.717) is 24.5 Å². The van der Waals surface area contributed by atoms with Gasteiger partial charge in [0.2, 0.25) is 0 Å². The first-order chi connectivity index (χ1) is 14.7. The van der Waals surface area contributed by atoms with E-state index in [9.17, 15) is 4.79 Å². The second-order valence-electron chi connectivity index (χ2n) is 7.12. The Morgan fingerprint density at radius 2 is 1.73 bits per heavy atom. The number of unbranched alkanes of at least 4 members (excludes halogenated alkanes) is 1. The van der Waals surface area contributed by atoms with Gasteiger partial charge in [0.05, 0.1) is 6.61 Å². The number of amides is 1. The highest BCUT2D eigenvalue weighted by Crippen LogP contribution is 2.15. The number of imidazole rings is 1. The molecule has 3 aromatic rings. The highest BCUT2D eigenvalue weighted by atomic mass is 16.5. The summed E-state index contributed by atoms with van der Waals surface area (Å²) in [6.07, 6.45) is 6.57. The minimum absolute atomic E-state index is 0.0924. The van der Waals surface area contributed by atoms with Crippen molar-refractivity contribution in [2.24, 2.45) is 7.05 Å². The highest BCUT2D eigenvalue weighted by Gasteiger charge is 2.06. The van der Waals surface area contributed by atoms with Crippen LogP contribution in [0.4, 0.5) is 0 Å². The molecule has 0 aliphatic heterocycles. The molecule has 0 saturated heterocycles. The molecule has 6 nitrogen and oxygen atoms in total. The second kappa shape index (κ2) is 11.0. The van der Waals surface area contributed by atoms with Gasteiger partial charge in [-0.05, 0) is 54.8 Å². The summed E-state index contributed by atoms with van der Waals surface area (Å²) >= 11 is 0. The van der Waals surface area contributed by atoms with Crippen LogP contribution in [0.25, 0.3) is 0 Å². The Labute approximate surface area is 177 Å². The van der Waals surface area contributed by atoms with Crippen molar-refractivity contribution in [3.63, 3.8) is 0 Å². The minimum atomic E-state index is -0.0924. The summed E-state index contributed by atoms with van der Waals surface area (Å²) in [5.41, 5.74) is 1.77. The lowest BCUT2D eigenvalue weighted by atomic mass is 10.1. The number of nitrogens with zero attached hydrogens (tertiary/aromatic N) is 2. The van der Waals surface area contributed by atoms with Crippen LogP contribution in [-0.2, 0) is 20.1 Å². The Kier molecular flexibility index (Phi) is 7.89. The van der Waals surface area contributed by atoms with E-state index in [1.54, 1.807) is 30.5 Å². The summed E-state index contributed by atoms with van der Waals surface area (Å²) in [4.78, 5) is 16.6. The van der Waals surface area contributed by atoms with Gasteiger partial charge in [-0.3, -0.25) is 4.79 Å². The van der Waals surface area contributed by atoms with Gasteiger partial charge in [-0.2, -0.15) is 0 Å². The number of carbonyl (C=O) groups excluding carboxylic acids is 1. The Bertz CT molecular complexity index is 918. The van der Waals surface area contributed by atoms with Crippen molar-refractivity contribution in [1.29, 1.82) is 0 Å². The molecular formula is C24H29N3O3. The summed E-state index contributed by atoms with van der Waals surface area (Å²) in [7, 11) is 1.93. The lowest BCUT2D eigenvalue weighted by Gasteiger charge is -2.09. The maximum atomic E-state index is 12.4. The van der Waals surface area contributed by atoms with E-state index in [1.165, 1.54) is 0 Å². The van der Waals surface area contributed by atoms with Crippen molar-refractivity contribution in [2.75, 3.05) is 13.2 Å². The molecule has 0 fully saturated rings. The van der Waals surface area contributed by atoms with Crippen molar-refractivity contribution >= 4 is 5.91 Å². The largest absolute Gasteiger partial charge is 0.494 e. The molecule has 6 heteroatoms. The summed E-state index contributed by atoms with van der Waals surface area (Å²) < 4.78 is 13.3. The van der Waals surface area contributed by atoms with Crippen LogP contribution in [0.3, 0.4) is 0 Å². The molecule has 1 aromatic heterocycles. The van der Waals surface area contributed by atoms with Gasteiger partial charge in [-0.25, -0.2) is 4.98 Å². The van der Waals surface area contributed by atoms with Crippen LogP contribution in [0.1, 0.15) is 41.5 Å². The molecule has 1 N–H and O–H groups in total. The summed E-state index contributed by atoms with van der Waals surface area (Å²) in [6.45, 7) is 3.86. The van der Waals surface area contributed by atoms with Crippen molar-refractivity contribution in [3.8, 4) is 11.5 Å². The van der Waals surface area contributed by atoms with E-state index in [4.69, 9.17) is 9.47 Å². The number of carbonyl (C=O) groups is 1. The van der Waals surface area contributed by atoms with Gasteiger partial charge < -0.3 is 19.4 Å². The number of hydrogen-bond acceptors (Lipinski definition) is 4. The zero-order chi connectivity index (χ0) is 21.2. The predicted octanol–water partition coefficient (Wildman–Crippen LogP) is 4.15. The number of benzene rings is 2. The predicted molar refractivity (Wildman–Crippen MR) is 117 cm³/mol. The maximum Gasteiger partial charge on any atom is 0.251 e. The Morgan fingerprint density at radius 1 is 1.03 bits per heavy atom. The van der Waals surface area contributed by atoms with Crippen LogP contribution in [0, 0.1) is 0 Å². The number of aryl methyl sites for hydroxylation is 1. The molecule has 158 valence electrons. The topological polar surface area (TPSA) is 65.4 Å². The van der Waals surface area contributed by atoms with Crippen LogP contribution in [0.2, 0.25) is 0 Å². The monoisotopic (exact) mass is 407 g/mol. The van der Waals surface area contributed by atoms with Crippen LogP contribution in [-0.4, -0.2) is 28.6 Å². The highest BCUT2D eigenvalue weighted by molar-refractivity contribution is 5.94. The first-order valence-corrected chi connectivity index (χ1v) is 10.3.